The number of urea groups is 1. The van der Waals surface area contributed by atoms with Crippen molar-refractivity contribution in [3.05, 3.63) is 58.7 Å². The number of Topliss-reactive ketones (excluding diaryl/α,β-unsaturated/α-hetero) is 1. The van der Waals surface area contributed by atoms with Crippen LogP contribution in [0, 0.1) is 0 Å². The van der Waals surface area contributed by atoms with E-state index in [4.69, 9.17) is 10.5 Å². The fourth-order valence-electron chi connectivity index (χ4n) is 4.12. The number of amides is 2. The maximum Gasteiger partial charge on any atom is 0.316 e. The van der Waals surface area contributed by atoms with Gasteiger partial charge in [0.25, 0.3) is 5.79 Å². The van der Waals surface area contributed by atoms with Crippen molar-refractivity contribution in [2.75, 3.05) is 12.3 Å². The van der Waals surface area contributed by atoms with Gasteiger partial charge in [0.05, 0.1) is 5.56 Å². The van der Waals surface area contributed by atoms with Crippen molar-refractivity contribution in [1.29, 1.82) is 0 Å². The SMILES string of the molecule is CCNC(=O)NC12C(=O)c3c(N)cccc3C1(O)Oc1cc(C(C)C)ccc12. The van der Waals surface area contributed by atoms with E-state index in [2.05, 4.69) is 10.6 Å². The van der Waals surface area contributed by atoms with Crippen LogP contribution in [0.15, 0.2) is 36.4 Å². The van der Waals surface area contributed by atoms with Crippen LogP contribution < -0.4 is 21.1 Å². The van der Waals surface area contributed by atoms with E-state index in [1.165, 1.54) is 0 Å². The van der Waals surface area contributed by atoms with Crippen LogP contribution in [0.1, 0.15) is 53.7 Å². The molecule has 0 spiro atoms. The summed E-state index contributed by atoms with van der Waals surface area (Å²) in [6, 6.07) is 9.66. The molecule has 0 aromatic heterocycles. The predicted octanol–water partition coefficient (Wildman–Crippen LogP) is 2.34. The number of hydrogen-bond donors (Lipinski definition) is 4. The van der Waals surface area contributed by atoms with Gasteiger partial charge in [-0.1, -0.05) is 38.1 Å². The molecular weight excluding hydrogens is 358 g/mol. The number of fused-ring (bicyclic) bond motifs is 5. The number of ketones is 1. The molecule has 0 radical (unpaired) electrons. The van der Waals surface area contributed by atoms with Crippen LogP contribution in [0.5, 0.6) is 5.75 Å². The van der Waals surface area contributed by atoms with Crippen molar-refractivity contribution in [2.45, 2.75) is 38.0 Å². The van der Waals surface area contributed by atoms with Crippen molar-refractivity contribution in [3.8, 4) is 5.75 Å². The van der Waals surface area contributed by atoms with E-state index < -0.39 is 23.1 Å². The molecule has 146 valence electrons. The lowest BCUT2D eigenvalue weighted by Gasteiger charge is -2.34. The molecule has 4 rings (SSSR count). The average Bonchev–Trinajstić information content (AvgIpc) is 2.99. The lowest BCUT2D eigenvalue weighted by molar-refractivity contribution is -0.168. The van der Waals surface area contributed by atoms with Crippen molar-refractivity contribution in [2.24, 2.45) is 0 Å². The number of rotatable bonds is 3. The lowest BCUT2D eigenvalue weighted by atomic mass is 9.82. The molecular formula is C21H23N3O4. The van der Waals surface area contributed by atoms with Gasteiger partial charge in [-0.2, -0.15) is 0 Å². The number of nitrogens with one attached hydrogen (secondary N) is 2. The van der Waals surface area contributed by atoms with Gasteiger partial charge in [-0.3, -0.25) is 4.79 Å². The first-order valence-corrected chi connectivity index (χ1v) is 9.31. The first-order valence-electron chi connectivity index (χ1n) is 9.31. The molecule has 2 unspecified atom stereocenters. The Morgan fingerprint density at radius 3 is 2.68 bits per heavy atom. The highest BCUT2D eigenvalue weighted by Crippen LogP contribution is 2.59. The summed E-state index contributed by atoms with van der Waals surface area (Å²) in [7, 11) is 0. The molecule has 0 bridgehead atoms. The van der Waals surface area contributed by atoms with E-state index in [0.717, 1.165) is 5.56 Å². The second-order valence-electron chi connectivity index (χ2n) is 7.49. The molecule has 0 saturated carbocycles. The molecule has 5 N–H and O–H groups in total. The minimum absolute atomic E-state index is 0.167. The Hall–Kier alpha value is -3.06. The third-order valence-electron chi connectivity index (χ3n) is 5.51. The molecule has 7 nitrogen and oxygen atoms in total. The summed E-state index contributed by atoms with van der Waals surface area (Å²) in [4.78, 5) is 26.1. The van der Waals surface area contributed by atoms with Crippen LogP contribution in [-0.4, -0.2) is 23.5 Å². The highest BCUT2D eigenvalue weighted by atomic mass is 16.6. The predicted molar refractivity (Wildman–Crippen MR) is 104 cm³/mol. The van der Waals surface area contributed by atoms with Crippen molar-refractivity contribution >= 4 is 17.5 Å². The van der Waals surface area contributed by atoms with Crippen LogP contribution in [-0.2, 0) is 11.3 Å². The lowest BCUT2D eigenvalue weighted by Crippen LogP contribution is -2.61. The zero-order valence-electron chi connectivity index (χ0n) is 16.0. The zero-order chi connectivity index (χ0) is 20.3. The Morgan fingerprint density at radius 2 is 2.00 bits per heavy atom. The van der Waals surface area contributed by atoms with Gasteiger partial charge in [0.15, 0.2) is 0 Å². The van der Waals surface area contributed by atoms with Gasteiger partial charge < -0.3 is 26.2 Å². The van der Waals surface area contributed by atoms with E-state index in [1.807, 2.05) is 19.9 Å². The van der Waals surface area contributed by atoms with Crippen LogP contribution in [0.4, 0.5) is 10.5 Å². The molecule has 0 saturated heterocycles. The second-order valence-corrected chi connectivity index (χ2v) is 7.49. The van der Waals surface area contributed by atoms with Crippen LogP contribution in [0.25, 0.3) is 0 Å². The van der Waals surface area contributed by atoms with Gasteiger partial charge in [-0.25, -0.2) is 4.79 Å². The summed E-state index contributed by atoms with van der Waals surface area (Å²) in [6.45, 7) is 6.20. The van der Waals surface area contributed by atoms with E-state index in [9.17, 15) is 14.7 Å². The fourth-order valence-corrected chi connectivity index (χ4v) is 4.12. The van der Waals surface area contributed by atoms with E-state index in [0.29, 0.717) is 17.9 Å². The average molecular weight is 381 g/mol. The molecule has 1 aliphatic heterocycles. The molecule has 0 fully saturated rings. The normalized spacial score (nSPS) is 24.4. The van der Waals surface area contributed by atoms with Gasteiger partial charge >= 0.3 is 6.03 Å². The third-order valence-corrected chi connectivity index (χ3v) is 5.51. The van der Waals surface area contributed by atoms with Gasteiger partial charge in [0.2, 0.25) is 11.3 Å². The van der Waals surface area contributed by atoms with Crippen molar-refractivity contribution in [3.63, 3.8) is 0 Å². The van der Waals surface area contributed by atoms with Gasteiger partial charge in [-0.05, 0) is 30.5 Å². The highest BCUT2D eigenvalue weighted by Gasteiger charge is 2.72. The Balaban J connectivity index is 1.97. The number of ether oxygens (including phenoxy) is 1. The minimum atomic E-state index is -2.09. The number of aliphatic hydroxyl groups is 1. The third kappa shape index (κ3) is 2.13. The number of nitrogen functional groups attached to an aromatic ring is 1. The maximum atomic E-state index is 13.6. The minimum Gasteiger partial charge on any atom is -0.454 e. The Bertz CT molecular complexity index is 1000. The van der Waals surface area contributed by atoms with Gasteiger partial charge in [0, 0.05) is 23.4 Å². The zero-order valence-corrected chi connectivity index (χ0v) is 16.0. The summed E-state index contributed by atoms with van der Waals surface area (Å²) in [5, 5.41) is 17.0. The Kier molecular flexibility index (Phi) is 3.90. The summed E-state index contributed by atoms with van der Waals surface area (Å²) in [6.07, 6.45) is 0. The smallest absolute Gasteiger partial charge is 0.316 e. The maximum absolute atomic E-state index is 13.6. The van der Waals surface area contributed by atoms with E-state index >= 15 is 0 Å². The molecule has 2 aliphatic rings. The molecule has 1 aliphatic carbocycles. The number of anilines is 1. The van der Waals surface area contributed by atoms with Crippen LogP contribution in [0.2, 0.25) is 0 Å². The highest BCUT2D eigenvalue weighted by molar-refractivity contribution is 6.15. The standard InChI is InChI=1S/C21H23N3O4/c1-4-23-19(26)24-20-13-9-8-12(11(2)3)10-16(13)28-21(20,27)14-6-5-7-15(22)17(14)18(20)25/h5-11,27H,4,22H2,1-3H3,(H2,23,24,26). The molecule has 28 heavy (non-hydrogen) atoms. The molecule has 2 atom stereocenters. The monoisotopic (exact) mass is 381 g/mol. The molecule has 1 heterocycles. The molecule has 2 aromatic rings. The Morgan fingerprint density at radius 1 is 1.25 bits per heavy atom. The summed E-state index contributed by atoms with van der Waals surface area (Å²) in [5.74, 6) is -1.98. The first kappa shape index (κ1) is 18.3. The number of carbonyl (C=O) groups excluding carboxylic acids is 2. The van der Waals surface area contributed by atoms with E-state index in [1.54, 1.807) is 37.3 Å². The fraction of sp³-hybridized carbons (Fsp3) is 0.333. The quantitative estimate of drug-likeness (QED) is 0.610. The summed E-state index contributed by atoms with van der Waals surface area (Å²) < 4.78 is 5.98. The summed E-state index contributed by atoms with van der Waals surface area (Å²) >= 11 is 0. The second kappa shape index (κ2) is 5.97. The number of hydrogen-bond acceptors (Lipinski definition) is 5. The molecule has 7 heteroatoms. The van der Waals surface area contributed by atoms with Crippen LogP contribution in [0.3, 0.4) is 0 Å². The molecule has 2 amide bonds. The topological polar surface area (TPSA) is 114 Å². The van der Waals surface area contributed by atoms with Crippen molar-refractivity contribution < 1.29 is 19.4 Å². The number of nitrogens with two attached hydrogens (primary N) is 1. The first-order chi connectivity index (χ1) is 13.3. The van der Waals surface area contributed by atoms with Crippen LogP contribution >= 0.6 is 0 Å². The van der Waals surface area contributed by atoms with Crippen molar-refractivity contribution in [1.82, 2.24) is 10.6 Å². The number of carbonyl (C=O) groups is 2. The van der Waals surface area contributed by atoms with E-state index in [-0.39, 0.29) is 22.7 Å². The van der Waals surface area contributed by atoms with Gasteiger partial charge in [-0.15, -0.1) is 0 Å². The largest absolute Gasteiger partial charge is 0.454 e. The molecule has 2 aromatic carbocycles. The Labute approximate surface area is 162 Å². The number of benzene rings is 2. The summed E-state index contributed by atoms with van der Waals surface area (Å²) in [5.41, 5.74) is 6.28. The van der Waals surface area contributed by atoms with Gasteiger partial charge in [0.1, 0.15) is 5.75 Å².